The van der Waals surface area contributed by atoms with Crippen molar-refractivity contribution in [1.82, 2.24) is 9.55 Å². The Hall–Kier alpha value is -3.34. The highest BCUT2D eigenvalue weighted by atomic mass is 16.3. The number of fused-ring (bicyclic) bond motifs is 1. The molecule has 0 spiro atoms. The van der Waals surface area contributed by atoms with Crippen molar-refractivity contribution in [3.05, 3.63) is 76.3 Å². The number of para-hydroxylation sites is 2. The fourth-order valence-electron chi connectivity index (χ4n) is 2.67. The molecule has 4 rings (SSSR count). The van der Waals surface area contributed by atoms with E-state index in [0.29, 0.717) is 11.4 Å². The Balaban J connectivity index is 1.83. The van der Waals surface area contributed by atoms with E-state index in [9.17, 15) is 9.90 Å². The Bertz CT molecular complexity index is 995. The van der Waals surface area contributed by atoms with Gasteiger partial charge in [0.25, 0.3) is 0 Å². The lowest BCUT2D eigenvalue weighted by atomic mass is 10.1. The maximum absolute atomic E-state index is 12.2. The molecule has 0 fully saturated rings. The van der Waals surface area contributed by atoms with E-state index in [1.807, 2.05) is 42.5 Å². The first-order valence-electron chi connectivity index (χ1n) is 7.18. The van der Waals surface area contributed by atoms with Gasteiger partial charge in [-0.3, -0.25) is 4.99 Å². The van der Waals surface area contributed by atoms with E-state index in [2.05, 4.69) is 9.98 Å². The third-order valence-corrected chi connectivity index (χ3v) is 3.77. The van der Waals surface area contributed by atoms with E-state index >= 15 is 0 Å². The van der Waals surface area contributed by atoms with Gasteiger partial charge in [-0.1, -0.05) is 36.4 Å². The van der Waals surface area contributed by atoms with E-state index in [1.165, 1.54) is 4.57 Å². The number of H-pyrrole nitrogens is 1. The van der Waals surface area contributed by atoms with Gasteiger partial charge in [-0.15, -0.1) is 0 Å². The first-order valence-corrected chi connectivity index (χ1v) is 7.18. The minimum absolute atomic E-state index is 0.119. The molecule has 0 atom stereocenters. The highest BCUT2D eigenvalue weighted by Crippen LogP contribution is 2.33. The standard InChI is InChI=1S/C18H13N3O2/c22-17-16(10-12-11-19-15-9-5-4-8-14(12)15)20-18(23)21(17)13-6-2-1-3-7-13/h1-11,22H,(H,20,23). The van der Waals surface area contributed by atoms with Gasteiger partial charge in [-0.2, -0.15) is 0 Å². The summed E-state index contributed by atoms with van der Waals surface area (Å²) < 4.78 is 1.24. The molecule has 0 amide bonds. The number of rotatable bonds is 2. The van der Waals surface area contributed by atoms with E-state index in [-0.39, 0.29) is 11.6 Å². The van der Waals surface area contributed by atoms with Gasteiger partial charge in [0, 0.05) is 17.4 Å². The number of benzene rings is 2. The number of aliphatic imine (C=N–C) groups is 1. The topological polar surface area (TPSA) is 70.4 Å². The quantitative estimate of drug-likeness (QED) is 0.763. The molecule has 3 aromatic rings. The SMILES string of the molecule is O=c1[nH]c(C=C2C=Nc3ccccc32)c(O)n1-c1ccccc1. The second-order valence-electron chi connectivity index (χ2n) is 5.21. The number of allylic oxidation sites excluding steroid dienone is 1. The van der Waals surface area contributed by atoms with Crippen LogP contribution >= 0.6 is 0 Å². The zero-order valence-electron chi connectivity index (χ0n) is 12.1. The summed E-state index contributed by atoms with van der Waals surface area (Å²) >= 11 is 0. The van der Waals surface area contributed by atoms with Crippen LogP contribution < -0.4 is 5.69 Å². The number of aromatic nitrogens is 2. The van der Waals surface area contributed by atoms with Gasteiger partial charge in [-0.05, 0) is 24.3 Å². The summed E-state index contributed by atoms with van der Waals surface area (Å²) in [6.45, 7) is 0. The Morgan fingerprint density at radius 2 is 1.78 bits per heavy atom. The number of nitrogens with zero attached hydrogens (tertiary/aromatic N) is 2. The number of aromatic hydroxyl groups is 1. The van der Waals surface area contributed by atoms with Crippen LogP contribution in [0.25, 0.3) is 17.3 Å². The molecule has 1 aliphatic rings. The molecule has 23 heavy (non-hydrogen) atoms. The van der Waals surface area contributed by atoms with Crippen LogP contribution in [0.1, 0.15) is 11.3 Å². The van der Waals surface area contributed by atoms with Gasteiger partial charge in [0.2, 0.25) is 5.88 Å². The van der Waals surface area contributed by atoms with Crippen molar-refractivity contribution >= 4 is 23.6 Å². The molecule has 5 heteroatoms. The zero-order chi connectivity index (χ0) is 15.8. The van der Waals surface area contributed by atoms with E-state index in [1.54, 1.807) is 24.4 Å². The van der Waals surface area contributed by atoms with Crippen LogP contribution in [0, 0.1) is 0 Å². The summed E-state index contributed by atoms with van der Waals surface area (Å²) in [7, 11) is 0. The van der Waals surface area contributed by atoms with E-state index in [4.69, 9.17) is 0 Å². The first kappa shape index (κ1) is 13.3. The van der Waals surface area contributed by atoms with Crippen LogP contribution in [0.3, 0.4) is 0 Å². The van der Waals surface area contributed by atoms with Crippen molar-refractivity contribution in [2.45, 2.75) is 0 Å². The van der Waals surface area contributed by atoms with Crippen LogP contribution in [0.4, 0.5) is 5.69 Å². The van der Waals surface area contributed by atoms with Crippen LogP contribution in [0.15, 0.2) is 64.4 Å². The van der Waals surface area contributed by atoms with E-state index in [0.717, 1.165) is 16.8 Å². The summed E-state index contributed by atoms with van der Waals surface area (Å²) in [4.78, 5) is 19.2. The normalized spacial score (nSPS) is 14.3. The second-order valence-corrected chi connectivity index (χ2v) is 5.21. The highest BCUT2D eigenvalue weighted by molar-refractivity contribution is 6.21. The van der Waals surface area contributed by atoms with Gasteiger partial charge in [-0.25, -0.2) is 9.36 Å². The number of hydrogen-bond donors (Lipinski definition) is 2. The fraction of sp³-hybridized carbons (Fsp3) is 0. The third-order valence-electron chi connectivity index (χ3n) is 3.77. The van der Waals surface area contributed by atoms with Crippen molar-refractivity contribution in [2.24, 2.45) is 4.99 Å². The molecule has 1 aliphatic heterocycles. The van der Waals surface area contributed by atoms with Gasteiger partial charge in [0.1, 0.15) is 5.69 Å². The smallest absolute Gasteiger partial charge is 0.333 e. The van der Waals surface area contributed by atoms with Gasteiger partial charge in [0.15, 0.2) is 0 Å². The maximum Gasteiger partial charge on any atom is 0.333 e. The monoisotopic (exact) mass is 303 g/mol. The Kier molecular flexibility index (Phi) is 2.98. The Morgan fingerprint density at radius 1 is 1.04 bits per heavy atom. The minimum atomic E-state index is -0.385. The van der Waals surface area contributed by atoms with Gasteiger partial charge in [0.05, 0.1) is 11.4 Å². The summed E-state index contributed by atoms with van der Waals surface area (Å²) in [6.07, 6.45) is 3.45. The lowest BCUT2D eigenvalue weighted by Gasteiger charge is -2.02. The molecule has 0 radical (unpaired) electrons. The molecular formula is C18H13N3O2. The summed E-state index contributed by atoms with van der Waals surface area (Å²) in [5.74, 6) is -0.119. The van der Waals surface area contributed by atoms with Crippen molar-refractivity contribution in [3.63, 3.8) is 0 Å². The van der Waals surface area contributed by atoms with Crippen molar-refractivity contribution in [3.8, 4) is 11.6 Å². The van der Waals surface area contributed by atoms with Crippen molar-refractivity contribution in [1.29, 1.82) is 0 Å². The molecule has 0 unspecified atom stereocenters. The molecule has 0 saturated heterocycles. The Morgan fingerprint density at radius 3 is 2.61 bits per heavy atom. The zero-order valence-corrected chi connectivity index (χ0v) is 12.1. The van der Waals surface area contributed by atoms with Crippen molar-refractivity contribution < 1.29 is 5.11 Å². The fourth-order valence-corrected chi connectivity index (χ4v) is 2.67. The van der Waals surface area contributed by atoms with Crippen molar-refractivity contribution in [2.75, 3.05) is 0 Å². The Labute approximate surface area is 131 Å². The lowest BCUT2D eigenvalue weighted by molar-refractivity contribution is 0.440. The van der Waals surface area contributed by atoms with Gasteiger partial charge < -0.3 is 10.1 Å². The summed E-state index contributed by atoms with van der Waals surface area (Å²) in [5, 5.41) is 10.4. The van der Waals surface area contributed by atoms with Crippen LogP contribution in [-0.2, 0) is 0 Å². The highest BCUT2D eigenvalue weighted by Gasteiger charge is 2.16. The molecule has 0 saturated carbocycles. The minimum Gasteiger partial charge on any atom is -0.493 e. The summed E-state index contributed by atoms with van der Waals surface area (Å²) in [5.41, 5.74) is 3.28. The van der Waals surface area contributed by atoms with Gasteiger partial charge >= 0.3 is 5.69 Å². The van der Waals surface area contributed by atoms with Crippen LogP contribution in [0.5, 0.6) is 5.88 Å². The molecule has 2 heterocycles. The molecule has 2 aromatic carbocycles. The molecule has 5 nitrogen and oxygen atoms in total. The molecule has 2 N–H and O–H groups in total. The first-order chi connectivity index (χ1) is 11.2. The molecule has 0 aliphatic carbocycles. The predicted octanol–water partition coefficient (Wildman–Crippen LogP) is 3.13. The average molecular weight is 303 g/mol. The molecule has 112 valence electrons. The molecule has 0 bridgehead atoms. The predicted molar refractivity (Wildman–Crippen MR) is 90.5 cm³/mol. The number of nitrogens with one attached hydrogen (secondary N) is 1. The van der Waals surface area contributed by atoms with Crippen LogP contribution in [0.2, 0.25) is 0 Å². The van der Waals surface area contributed by atoms with Crippen LogP contribution in [-0.4, -0.2) is 20.9 Å². The van der Waals surface area contributed by atoms with E-state index < -0.39 is 0 Å². The molecular weight excluding hydrogens is 290 g/mol. The number of hydrogen-bond acceptors (Lipinski definition) is 3. The lowest BCUT2D eigenvalue weighted by Crippen LogP contribution is -2.14. The summed E-state index contributed by atoms with van der Waals surface area (Å²) in [6, 6.07) is 16.7. The third kappa shape index (κ3) is 2.19. The number of aromatic amines is 1. The average Bonchev–Trinajstić information content (AvgIpc) is 3.10. The second kappa shape index (κ2) is 5.14. The maximum atomic E-state index is 12.2. The molecule has 1 aromatic heterocycles. The largest absolute Gasteiger partial charge is 0.493 e. The number of imidazole rings is 1.